The fraction of sp³-hybridized carbons (Fsp3) is 0.333. The van der Waals surface area contributed by atoms with E-state index in [-0.39, 0.29) is 29.0 Å². The van der Waals surface area contributed by atoms with E-state index in [4.69, 9.17) is 5.73 Å². The largest absolute Gasteiger partial charge is 0.350 e. The van der Waals surface area contributed by atoms with Gasteiger partial charge in [-0.3, -0.25) is 4.79 Å². The number of nitrogens with one attached hydrogen (secondary N) is 1. The number of rotatable bonds is 5. The maximum atomic E-state index is 15.2. The van der Waals surface area contributed by atoms with Crippen molar-refractivity contribution in [2.24, 2.45) is 12.8 Å². The van der Waals surface area contributed by atoms with E-state index in [0.29, 0.717) is 12.1 Å². The number of hydrogen-bond acceptors (Lipinski definition) is 4. The molecule has 0 fully saturated rings. The summed E-state index contributed by atoms with van der Waals surface area (Å²) < 4.78 is 31.1. The Balaban J connectivity index is 0.00000145. The summed E-state index contributed by atoms with van der Waals surface area (Å²) in [6.45, 7) is 6.33. The number of halogens is 2. The van der Waals surface area contributed by atoms with Gasteiger partial charge in [0, 0.05) is 27.2 Å². The third-order valence-corrected chi connectivity index (χ3v) is 4.39. The van der Waals surface area contributed by atoms with E-state index in [1.165, 1.54) is 23.4 Å². The van der Waals surface area contributed by atoms with Gasteiger partial charge in [0.15, 0.2) is 5.82 Å². The van der Waals surface area contributed by atoms with Crippen LogP contribution in [-0.4, -0.2) is 40.5 Å². The number of nitrogens with two attached hydrogens (primary N) is 1. The molecule has 0 saturated heterocycles. The number of likely N-dealkylation sites (N-methyl/N-ethyl adjacent to an activating group) is 1. The lowest BCUT2D eigenvalue weighted by Crippen LogP contribution is -2.32. The zero-order chi connectivity index (χ0) is 21.7. The van der Waals surface area contributed by atoms with Gasteiger partial charge in [-0.1, -0.05) is 19.9 Å². The molecule has 0 aliphatic heterocycles. The van der Waals surface area contributed by atoms with Crippen LogP contribution in [0.1, 0.15) is 29.8 Å². The molecule has 1 aromatic heterocycles. The molecule has 0 saturated carbocycles. The summed E-state index contributed by atoms with van der Waals surface area (Å²) in [5, 5.41) is 2.74. The number of aryl methyl sites for hydroxylation is 2. The highest BCUT2D eigenvalue weighted by molar-refractivity contribution is 6.04. The minimum absolute atomic E-state index is 0.0744. The molecule has 0 bridgehead atoms. The molecular formula is C21H27F2N5O. The topological polar surface area (TPSA) is 76.2 Å². The van der Waals surface area contributed by atoms with Crippen molar-refractivity contribution in [1.82, 2.24) is 14.5 Å². The summed E-state index contributed by atoms with van der Waals surface area (Å²) in [7, 11) is 3.29. The molecule has 3 rings (SSSR count). The molecule has 0 aliphatic rings. The Bertz CT molecular complexity index is 1020. The van der Waals surface area contributed by atoms with Crippen molar-refractivity contribution in [3.8, 4) is 0 Å². The molecule has 3 aromatic rings. The highest BCUT2D eigenvalue weighted by atomic mass is 19.1. The van der Waals surface area contributed by atoms with E-state index in [2.05, 4.69) is 10.3 Å². The predicted molar refractivity (Wildman–Crippen MR) is 112 cm³/mol. The predicted octanol–water partition coefficient (Wildman–Crippen LogP) is 3.96. The van der Waals surface area contributed by atoms with Crippen LogP contribution in [0.5, 0.6) is 0 Å². The monoisotopic (exact) mass is 403 g/mol. The van der Waals surface area contributed by atoms with E-state index in [0.717, 1.165) is 5.56 Å². The lowest BCUT2D eigenvalue weighted by molar-refractivity contribution is 0.0799. The van der Waals surface area contributed by atoms with Gasteiger partial charge in [0.05, 0.1) is 28.8 Å². The number of anilines is 2. The molecular weight excluding hydrogens is 376 g/mol. The summed E-state index contributed by atoms with van der Waals surface area (Å²) in [5.74, 6) is -1.67. The number of carbonyl (C=O) groups is 1. The van der Waals surface area contributed by atoms with Crippen LogP contribution in [0.2, 0.25) is 0 Å². The van der Waals surface area contributed by atoms with E-state index in [1.807, 2.05) is 13.8 Å². The third kappa shape index (κ3) is 4.54. The lowest BCUT2D eigenvalue weighted by Gasteiger charge is -2.20. The van der Waals surface area contributed by atoms with Gasteiger partial charge in [0.2, 0.25) is 0 Å². The van der Waals surface area contributed by atoms with E-state index >= 15 is 4.39 Å². The van der Waals surface area contributed by atoms with Crippen LogP contribution in [-0.2, 0) is 7.05 Å². The molecule has 6 nitrogen and oxygen atoms in total. The lowest BCUT2D eigenvalue weighted by atomic mass is 10.1. The van der Waals surface area contributed by atoms with Gasteiger partial charge in [-0.05, 0) is 30.7 Å². The summed E-state index contributed by atoms with van der Waals surface area (Å²) >= 11 is 0. The van der Waals surface area contributed by atoms with Gasteiger partial charge in [-0.15, -0.1) is 0 Å². The first-order valence-electron chi connectivity index (χ1n) is 9.45. The minimum atomic E-state index is -0.711. The fourth-order valence-electron chi connectivity index (χ4n) is 2.87. The molecule has 0 unspecified atom stereocenters. The summed E-state index contributed by atoms with van der Waals surface area (Å²) in [6.07, 6.45) is 1.46. The first-order chi connectivity index (χ1) is 13.8. The van der Waals surface area contributed by atoms with Crippen LogP contribution >= 0.6 is 0 Å². The number of amides is 1. The van der Waals surface area contributed by atoms with Crippen molar-refractivity contribution in [1.29, 1.82) is 0 Å². The van der Waals surface area contributed by atoms with E-state index < -0.39 is 17.5 Å². The Labute approximate surface area is 169 Å². The number of imidazole rings is 1. The van der Waals surface area contributed by atoms with Crippen molar-refractivity contribution < 1.29 is 13.6 Å². The third-order valence-electron chi connectivity index (χ3n) is 4.39. The maximum absolute atomic E-state index is 15.2. The Morgan fingerprint density at radius 1 is 1.28 bits per heavy atom. The molecule has 1 heterocycles. The average molecular weight is 403 g/mol. The number of aromatic nitrogens is 2. The molecule has 0 atom stereocenters. The molecule has 29 heavy (non-hydrogen) atoms. The second-order valence-corrected chi connectivity index (χ2v) is 6.46. The first-order valence-corrected chi connectivity index (χ1v) is 9.45. The highest BCUT2D eigenvalue weighted by Crippen LogP contribution is 2.32. The summed E-state index contributed by atoms with van der Waals surface area (Å²) in [6, 6.07) is 6.09. The van der Waals surface area contributed by atoms with Crippen molar-refractivity contribution in [3.05, 3.63) is 53.4 Å². The van der Waals surface area contributed by atoms with Crippen molar-refractivity contribution in [3.63, 3.8) is 0 Å². The Morgan fingerprint density at radius 2 is 1.97 bits per heavy atom. The van der Waals surface area contributed by atoms with Crippen molar-refractivity contribution in [2.45, 2.75) is 20.8 Å². The molecule has 156 valence electrons. The minimum Gasteiger partial charge on any atom is -0.350 e. The van der Waals surface area contributed by atoms with Crippen molar-refractivity contribution >= 4 is 28.3 Å². The van der Waals surface area contributed by atoms with Crippen LogP contribution < -0.4 is 11.1 Å². The number of benzene rings is 2. The molecule has 0 radical (unpaired) electrons. The van der Waals surface area contributed by atoms with E-state index in [1.54, 1.807) is 37.7 Å². The fourth-order valence-corrected chi connectivity index (χ4v) is 2.87. The Kier molecular flexibility index (Phi) is 7.28. The van der Waals surface area contributed by atoms with Crippen LogP contribution in [0.3, 0.4) is 0 Å². The van der Waals surface area contributed by atoms with Crippen molar-refractivity contribution in [2.75, 3.05) is 25.5 Å². The van der Waals surface area contributed by atoms with E-state index in [9.17, 15) is 9.18 Å². The zero-order valence-corrected chi connectivity index (χ0v) is 17.4. The van der Waals surface area contributed by atoms with Gasteiger partial charge < -0.3 is 20.5 Å². The quantitative estimate of drug-likeness (QED) is 0.676. The molecule has 8 heteroatoms. The van der Waals surface area contributed by atoms with Crippen LogP contribution in [0.15, 0.2) is 30.6 Å². The first kappa shape index (κ1) is 22.3. The molecule has 2 aromatic carbocycles. The number of carbonyl (C=O) groups excluding carboxylic acids is 1. The number of nitrogens with zero attached hydrogens (tertiary/aromatic N) is 3. The van der Waals surface area contributed by atoms with Gasteiger partial charge in [0.25, 0.3) is 5.91 Å². The van der Waals surface area contributed by atoms with Gasteiger partial charge in [0.1, 0.15) is 11.3 Å². The second kappa shape index (κ2) is 9.47. The summed E-state index contributed by atoms with van der Waals surface area (Å²) in [4.78, 5) is 18.3. The van der Waals surface area contributed by atoms with Crippen LogP contribution in [0, 0.1) is 18.6 Å². The highest BCUT2D eigenvalue weighted by Gasteiger charge is 2.24. The SMILES string of the molecule is CC.Cc1ccc(Nc2c(C(=O)N(C)CCN)cc3c(ncn3C)c2F)c(F)c1. The van der Waals surface area contributed by atoms with Gasteiger partial charge >= 0.3 is 0 Å². The molecule has 0 aliphatic carbocycles. The van der Waals surface area contributed by atoms with Crippen LogP contribution in [0.4, 0.5) is 20.2 Å². The maximum Gasteiger partial charge on any atom is 0.255 e. The normalized spacial score (nSPS) is 10.5. The summed E-state index contributed by atoms with van der Waals surface area (Å²) in [5.41, 5.74) is 6.87. The standard InChI is InChI=1S/C19H21F2N5O.C2H6/c1-11-4-5-14(13(20)8-11)24-17-12(19(27)25(2)7-6-22)9-15-18(16(17)21)23-10-26(15)3;1-2/h4-5,8-10,24H,6-7,22H2,1-3H3;1-2H3. The number of fused-ring (bicyclic) bond motifs is 1. The van der Waals surface area contributed by atoms with Gasteiger partial charge in [-0.2, -0.15) is 0 Å². The second-order valence-electron chi connectivity index (χ2n) is 6.46. The smallest absolute Gasteiger partial charge is 0.255 e. The van der Waals surface area contributed by atoms with Gasteiger partial charge in [-0.25, -0.2) is 13.8 Å². The Hall–Kier alpha value is -3.00. The Morgan fingerprint density at radius 3 is 2.59 bits per heavy atom. The number of hydrogen-bond donors (Lipinski definition) is 2. The molecule has 0 spiro atoms. The average Bonchev–Trinajstić information content (AvgIpc) is 3.08. The van der Waals surface area contributed by atoms with Crippen LogP contribution in [0.25, 0.3) is 11.0 Å². The molecule has 3 N–H and O–H groups in total. The zero-order valence-electron chi connectivity index (χ0n) is 17.4. The molecule has 1 amide bonds.